The summed E-state index contributed by atoms with van der Waals surface area (Å²) in [5, 5.41) is 8.64. The largest absolute Gasteiger partial charge is 0.347 e. The lowest BCUT2D eigenvalue weighted by Crippen LogP contribution is -2.41. The van der Waals surface area contributed by atoms with Gasteiger partial charge in [0.25, 0.3) is 11.8 Å². The third-order valence-electron chi connectivity index (χ3n) is 3.57. The summed E-state index contributed by atoms with van der Waals surface area (Å²) in [6.45, 7) is 7.72. The molecule has 2 aromatic rings. The Bertz CT molecular complexity index is 891. The molecule has 0 atom stereocenters. The first-order valence-corrected chi connectivity index (χ1v) is 9.85. The minimum Gasteiger partial charge on any atom is -0.347 e. The Hall–Kier alpha value is -2.00. The van der Waals surface area contributed by atoms with Crippen LogP contribution >= 0.6 is 34.8 Å². The average molecular weight is 495 g/mol. The molecule has 0 spiro atoms. The van der Waals surface area contributed by atoms with Gasteiger partial charge < -0.3 is 10.6 Å². The van der Waals surface area contributed by atoms with Crippen molar-refractivity contribution in [2.75, 3.05) is 5.32 Å². The molecule has 2 rings (SSSR count). The highest BCUT2D eigenvalue weighted by molar-refractivity contribution is 14.1. The lowest BCUT2D eigenvalue weighted by molar-refractivity contribution is 0.0919. The van der Waals surface area contributed by atoms with Gasteiger partial charge in [-0.25, -0.2) is 0 Å². The van der Waals surface area contributed by atoms with Crippen molar-refractivity contribution in [3.8, 4) is 0 Å². The van der Waals surface area contributed by atoms with E-state index in [4.69, 9.17) is 12.2 Å². The molecule has 0 radical (unpaired) electrons. The number of nitrogens with one attached hydrogen (secondary N) is 3. The second-order valence-electron chi connectivity index (χ2n) is 7.12. The number of aryl methyl sites for hydroxylation is 1. The summed E-state index contributed by atoms with van der Waals surface area (Å²) in [6, 6.07) is 12.5. The Morgan fingerprint density at radius 2 is 1.70 bits per heavy atom. The summed E-state index contributed by atoms with van der Waals surface area (Å²) < 4.78 is 1.00. The third kappa shape index (κ3) is 6.28. The van der Waals surface area contributed by atoms with Crippen LogP contribution in [0.25, 0.3) is 0 Å². The SMILES string of the molecule is Cc1ccc(C(=O)NC(=S)Nc2ccccc2C(=O)NC(C)(C)C)cc1I. The molecule has 0 aromatic heterocycles. The molecule has 142 valence electrons. The first kappa shape index (κ1) is 21.3. The minimum atomic E-state index is -0.360. The number of carbonyl (C=O) groups is 2. The monoisotopic (exact) mass is 495 g/mol. The number of benzene rings is 2. The fraction of sp³-hybridized carbons (Fsp3) is 0.250. The highest BCUT2D eigenvalue weighted by Gasteiger charge is 2.18. The van der Waals surface area contributed by atoms with Crippen LogP contribution in [-0.4, -0.2) is 22.5 Å². The zero-order chi connectivity index (χ0) is 20.2. The predicted molar refractivity (Wildman–Crippen MR) is 121 cm³/mol. The Morgan fingerprint density at radius 1 is 1.04 bits per heavy atom. The standard InChI is InChI=1S/C20H22IN3O2S/c1-12-9-10-13(11-15(12)21)17(25)23-19(27)22-16-8-6-5-7-14(16)18(26)24-20(2,3)4/h5-11H,1-4H3,(H,24,26)(H2,22,23,25,27). The van der Waals surface area contributed by atoms with Gasteiger partial charge in [0.05, 0.1) is 11.3 Å². The molecule has 0 bridgehead atoms. The molecule has 27 heavy (non-hydrogen) atoms. The highest BCUT2D eigenvalue weighted by atomic mass is 127. The van der Waals surface area contributed by atoms with Crippen LogP contribution in [0, 0.1) is 10.5 Å². The molecular formula is C20H22IN3O2S. The smallest absolute Gasteiger partial charge is 0.257 e. The van der Waals surface area contributed by atoms with Gasteiger partial charge in [0.1, 0.15) is 0 Å². The molecule has 5 nitrogen and oxygen atoms in total. The lowest BCUT2D eigenvalue weighted by Gasteiger charge is -2.21. The summed E-state index contributed by atoms with van der Waals surface area (Å²) in [5.74, 6) is -0.519. The molecule has 3 N–H and O–H groups in total. The summed E-state index contributed by atoms with van der Waals surface area (Å²) in [5.41, 5.74) is 2.25. The van der Waals surface area contributed by atoms with Crippen molar-refractivity contribution in [3.63, 3.8) is 0 Å². The zero-order valence-electron chi connectivity index (χ0n) is 15.6. The molecule has 2 aromatic carbocycles. The average Bonchev–Trinajstić information content (AvgIpc) is 2.56. The van der Waals surface area contributed by atoms with Crippen molar-refractivity contribution in [1.82, 2.24) is 10.6 Å². The number of thiocarbonyl (C=S) groups is 1. The van der Waals surface area contributed by atoms with Crippen LogP contribution in [0.4, 0.5) is 5.69 Å². The molecule has 7 heteroatoms. The molecule has 0 heterocycles. The summed E-state index contributed by atoms with van der Waals surface area (Å²) in [6.07, 6.45) is 0. The second-order valence-corrected chi connectivity index (χ2v) is 8.69. The van der Waals surface area contributed by atoms with Crippen LogP contribution < -0.4 is 16.0 Å². The quantitative estimate of drug-likeness (QED) is 0.440. The van der Waals surface area contributed by atoms with Crippen molar-refractivity contribution < 1.29 is 9.59 Å². The highest BCUT2D eigenvalue weighted by Crippen LogP contribution is 2.17. The van der Waals surface area contributed by atoms with Crippen molar-refractivity contribution in [3.05, 3.63) is 62.7 Å². The molecule has 0 aliphatic heterocycles. The maximum Gasteiger partial charge on any atom is 0.257 e. The topological polar surface area (TPSA) is 70.2 Å². The van der Waals surface area contributed by atoms with E-state index >= 15 is 0 Å². The predicted octanol–water partition coefficient (Wildman–Crippen LogP) is 4.25. The van der Waals surface area contributed by atoms with Crippen LogP contribution in [0.2, 0.25) is 0 Å². The normalized spacial score (nSPS) is 10.9. The van der Waals surface area contributed by atoms with Gasteiger partial charge in [0.2, 0.25) is 0 Å². The van der Waals surface area contributed by atoms with Crippen LogP contribution in [0.15, 0.2) is 42.5 Å². The van der Waals surface area contributed by atoms with E-state index in [1.54, 1.807) is 36.4 Å². The minimum absolute atomic E-state index is 0.131. The number of para-hydroxylation sites is 1. The number of halogens is 1. The number of rotatable bonds is 3. The Kier molecular flexibility index (Phi) is 6.94. The van der Waals surface area contributed by atoms with Gasteiger partial charge in [0, 0.05) is 14.7 Å². The Balaban J connectivity index is 2.10. The number of carbonyl (C=O) groups excluding carboxylic acids is 2. The first-order valence-electron chi connectivity index (χ1n) is 8.37. The molecule has 0 unspecified atom stereocenters. The third-order valence-corrected chi connectivity index (χ3v) is 4.94. The van der Waals surface area contributed by atoms with Gasteiger partial charge in [-0.3, -0.25) is 14.9 Å². The lowest BCUT2D eigenvalue weighted by atomic mass is 10.1. The number of amides is 2. The van der Waals surface area contributed by atoms with E-state index in [1.165, 1.54) is 0 Å². The molecule has 0 aliphatic rings. The van der Waals surface area contributed by atoms with E-state index in [9.17, 15) is 9.59 Å². The van der Waals surface area contributed by atoms with E-state index in [2.05, 4.69) is 38.5 Å². The van der Waals surface area contributed by atoms with Gasteiger partial charge in [-0.05, 0) is 92.3 Å². The Labute approximate surface area is 178 Å². The molecule has 0 saturated carbocycles. The van der Waals surface area contributed by atoms with Crippen LogP contribution in [0.5, 0.6) is 0 Å². The van der Waals surface area contributed by atoms with Gasteiger partial charge in [-0.15, -0.1) is 0 Å². The van der Waals surface area contributed by atoms with E-state index < -0.39 is 0 Å². The maximum atomic E-state index is 12.5. The summed E-state index contributed by atoms with van der Waals surface area (Å²) >= 11 is 7.43. The van der Waals surface area contributed by atoms with E-state index in [0.29, 0.717) is 16.8 Å². The maximum absolute atomic E-state index is 12.5. The van der Waals surface area contributed by atoms with Crippen LogP contribution in [-0.2, 0) is 0 Å². The van der Waals surface area contributed by atoms with Crippen molar-refractivity contribution in [2.45, 2.75) is 33.2 Å². The first-order chi connectivity index (χ1) is 12.6. The van der Waals surface area contributed by atoms with Crippen LogP contribution in [0.1, 0.15) is 47.1 Å². The molecular weight excluding hydrogens is 473 g/mol. The van der Waals surface area contributed by atoms with E-state index in [0.717, 1.165) is 9.13 Å². The zero-order valence-corrected chi connectivity index (χ0v) is 18.6. The van der Waals surface area contributed by atoms with Gasteiger partial charge in [-0.2, -0.15) is 0 Å². The number of hydrogen-bond donors (Lipinski definition) is 3. The molecule has 0 saturated heterocycles. The van der Waals surface area contributed by atoms with Gasteiger partial charge >= 0.3 is 0 Å². The molecule has 0 fully saturated rings. The summed E-state index contributed by atoms with van der Waals surface area (Å²) in [4.78, 5) is 24.9. The summed E-state index contributed by atoms with van der Waals surface area (Å²) in [7, 11) is 0. The number of anilines is 1. The van der Waals surface area contributed by atoms with Crippen molar-refractivity contribution in [2.24, 2.45) is 0 Å². The van der Waals surface area contributed by atoms with Crippen LogP contribution in [0.3, 0.4) is 0 Å². The fourth-order valence-electron chi connectivity index (χ4n) is 2.26. The van der Waals surface area contributed by atoms with E-state index in [1.807, 2.05) is 33.8 Å². The van der Waals surface area contributed by atoms with E-state index in [-0.39, 0.29) is 22.5 Å². The van der Waals surface area contributed by atoms with Crippen molar-refractivity contribution in [1.29, 1.82) is 0 Å². The Morgan fingerprint density at radius 3 is 2.33 bits per heavy atom. The molecule has 2 amide bonds. The fourth-order valence-corrected chi connectivity index (χ4v) is 2.98. The number of hydrogen-bond acceptors (Lipinski definition) is 3. The molecule has 0 aliphatic carbocycles. The van der Waals surface area contributed by atoms with Crippen molar-refractivity contribution >= 4 is 57.4 Å². The van der Waals surface area contributed by atoms with Gasteiger partial charge in [-0.1, -0.05) is 18.2 Å². The van der Waals surface area contributed by atoms with Gasteiger partial charge in [0.15, 0.2) is 5.11 Å². The second kappa shape index (κ2) is 8.79.